The number of rotatable bonds is 10. The summed E-state index contributed by atoms with van der Waals surface area (Å²) in [4.78, 5) is 19.6. The van der Waals surface area contributed by atoms with E-state index in [9.17, 15) is 0 Å². The fourth-order valence-corrected chi connectivity index (χ4v) is 21.8. The van der Waals surface area contributed by atoms with Crippen molar-refractivity contribution in [3.8, 4) is 156 Å². The van der Waals surface area contributed by atoms with Gasteiger partial charge in [0, 0.05) is 42.1 Å². The molecule has 0 saturated heterocycles. The Balaban J connectivity index is 0.000000139. The molecule has 0 radical (unpaired) electrons. The van der Waals surface area contributed by atoms with Crippen LogP contribution in [0.5, 0.6) is 0 Å². The predicted octanol–water partition coefficient (Wildman–Crippen LogP) is 30.1. The van der Waals surface area contributed by atoms with Gasteiger partial charge in [-0.2, -0.15) is 0 Å². The van der Waals surface area contributed by atoms with Gasteiger partial charge in [-0.3, -0.25) is 0 Å². The molecule has 4 heterocycles. The van der Waals surface area contributed by atoms with Crippen molar-refractivity contribution in [3.05, 3.63) is 409 Å². The molecule has 0 amide bonds. The Hall–Kier alpha value is -13.9. The lowest BCUT2D eigenvalue weighted by atomic mass is 9.81. The zero-order valence-electron chi connectivity index (χ0n) is 65.7. The maximum Gasteiger partial charge on any atom is 0.116 e. The Morgan fingerprint density at radius 3 is 0.856 bits per heavy atom. The number of thiophene rings is 2. The van der Waals surface area contributed by atoms with Crippen LogP contribution in [0.2, 0.25) is 0 Å². The van der Waals surface area contributed by atoms with Crippen molar-refractivity contribution in [1.82, 2.24) is 19.9 Å². The van der Waals surface area contributed by atoms with E-state index < -0.39 is 0 Å². The van der Waals surface area contributed by atoms with Crippen LogP contribution in [0.3, 0.4) is 0 Å². The van der Waals surface area contributed by atoms with Crippen molar-refractivity contribution >= 4 is 63.3 Å². The molecule has 4 aliphatic carbocycles. The van der Waals surface area contributed by atoms with Crippen molar-refractivity contribution in [2.24, 2.45) is 0 Å². The van der Waals surface area contributed by atoms with Crippen LogP contribution in [0.1, 0.15) is 72.2 Å². The van der Waals surface area contributed by atoms with E-state index in [-0.39, 0.29) is 10.8 Å². The van der Waals surface area contributed by atoms with Gasteiger partial charge in [0.25, 0.3) is 0 Å². The molecular formula is C112H76N4S2. The first kappa shape index (κ1) is 69.6. The molecule has 4 aliphatic rings. The third-order valence-corrected chi connectivity index (χ3v) is 28.0. The summed E-state index contributed by atoms with van der Waals surface area (Å²) in [6.07, 6.45) is 5.44. The zero-order valence-corrected chi connectivity index (χ0v) is 67.3. The Kier molecular flexibility index (Phi) is 16.2. The van der Waals surface area contributed by atoms with Crippen LogP contribution in [0.15, 0.2) is 365 Å². The van der Waals surface area contributed by atoms with E-state index in [2.05, 4.69) is 380 Å². The molecular weight excluding hydrogens is 1470 g/mol. The van der Waals surface area contributed by atoms with Gasteiger partial charge >= 0.3 is 0 Å². The summed E-state index contributed by atoms with van der Waals surface area (Å²) < 4.78 is 4.65. The highest BCUT2D eigenvalue weighted by Gasteiger charge is 2.37. The number of aromatic nitrogens is 4. The normalized spacial score (nSPS) is 13.3. The van der Waals surface area contributed by atoms with Gasteiger partial charge in [-0.1, -0.05) is 307 Å². The average Bonchev–Trinajstić information content (AvgIpc) is 1.58. The van der Waals surface area contributed by atoms with Gasteiger partial charge < -0.3 is 0 Å². The molecule has 0 N–H and O–H groups in total. The molecule has 556 valence electrons. The second-order valence-corrected chi connectivity index (χ2v) is 35.3. The number of hydrogen-bond acceptors (Lipinski definition) is 6. The zero-order chi connectivity index (χ0) is 78.5. The summed E-state index contributed by atoms with van der Waals surface area (Å²) in [5.41, 5.74) is 47.5. The third-order valence-electron chi connectivity index (χ3n) is 25.6. The average molecular weight is 1540 g/mol. The highest BCUT2D eigenvalue weighted by atomic mass is 32.1. The minimum Gasteiger partial charge on any atom is -0.235 e. The molecule has 0 atom stereocenters. The Morgan fingerprint density at radius 1 is 0.212 bits per heavy atom. The number of hydrogen-bond donors (Lipinski definition) is 0. The molecule has 24 rings (SSSR count). The molecule has 4 aromatic heterocycles. The summed E-state index contributed by atoms with van der Waals surface area (Å²) in [5.74, 6) is 0. The van der Waals surface area contributed by atoms with Gasteiger partial charge in [0.2, 0.25) is 0 Å². The molecule has 0 spiro atoms. The third kappa shape index (κ3) is 11.6. The Morgan fingerprint density at radius 2 is 0.483 bits per heavy atom. The molecule has 0 saturated carbocycles. The maximum atomic E-state index is 4.91. The Labute approximate surface area is 694 Å². The minimum absolute atomic E-state index is 0.0351. The first-order valence-corrected chi connectivity index (χ1v) is 42.5. The standard InChI is InChI=1S/C58H42N2S.C54H34N2S/c1-57(2)49-20-7-5-18-44(49)46-25-22-41(32-51(46)57)37-14-9-12-35(28-37)39-16-11-17-43(30-39)54-56-55(60-34-59-54)48-31-40(24-27-53(48)61-56)36-13-10-15-38(29-36)42-23-26-47-45-19-6-8-21-50(45)58(3,4)52(47)33-42;1-3-16-46-41(8-1)29-44-27-38(18-21-48(44)46)34-11-5-10-33(24-34)37-14-7-15-43(26-37)52-54-53(56-32-55-52)50-31-40(20-23-51(50)57-54)36-13-6-12-35(25-36)39-19-22-49-45(28-39)30-42-9-2-4-17-47(42)49/h5-34H,1-4H3;1-28,31-32H,29-30H2. The van der Waals surface area contributed by atoms with E-state index in [1.807, 2.05) is 0 Å². The highest BCUT2D eigenvalue weighted by molar-refractivity contribution is 7.26. The molecule has 0 fully saturated rings. The lowest BCUT2D eigenvalue weighted by Gasteiger charge is -2.22. The first-order valence-electron chi connectivity index (χ1n) is 40.8. The Bertz CT molecular complexity index is 7590. The first-order chi connectivity index (χ1) is 57.9. The second-order valence-electron chi connectivity index (χ2n) is 33.2. The fourth-order valence-electron chi connectivity index (χ4n) is 19.5. The van der Waals surface area contributed by atoms with Crippen molar-refractivity contribution < 1.29 is 0 Å². The minimum atomic E-state index is -0.0368. The molecule has 20 aromatic rings. The van der Waals surface area contributed by atoms with Gasteiger partial charge in [-0.25, -0.2) is 19.9 Å². The molecule has 16 aromatic carbocycles. The van der Waals surface area contributed by atoms with Crippen LogP contribution in [0, 0.1) is 0 Å². The summed E-state index contributed by atoms with van der Waals surface area (Å²) in [6, 6.07) is 130. The van der Waals surface area contributed by atoms with Gasteiger partial charge in [0.15, 0.2) is 0 Å². The van der Waals surface area contributed by atoms with Crippen LogP contribution in [-0.4, -0.2) is 19.9 Å². The SMILES string of the molecule is CC1(C)c2ccccc2-c2ccc(-c3cccc(-c4cccc(-c5ncnc6c5sc5ccc(-c7cccc(-c8ccc9c(c8)C(C)(C)c8ccccc8-9)c7)cc56)c4)c3)cc21.c1cc(-c2cccc(-c3ncnc4c3sc3ccc(-c5cccc(-c6ccc7c(c6)Cc6ccccc6-7)c5)cc34)c2)cc(-c2ccc3c(c2)Cc2ccccc2-3)c1. The summed E-state index contributed by atoms with van der Waals surface area (Å²) >= 11 is 3.55. The quantitative estimate of drug-likeness (QED) is 0.137. The van der Waals surface area contributed by atoms with Crippen molar-refractivity contribution in [2.75, 3.05) is 0 Å². The van der Waals surface area contributed by atoms with E-state index in [0.29, 0.717) is 0 Å². The van der Waals surface area contributed by atoms with Crippen LogP contribution >= 0.6 is 22.7 Å². The second kappa shape index (κ2) is 27.4. The molecule has 4 nitrogen and oxygen atoms in total. The van der Waals surface area contributed by atoms with Crippen LogP contribution in [0.4, 0.5) is 0 Å². The fraction of sp³-hybridized carbons (Fsp3) is 0.0714. The van der Waals surface area contributed by atoms with Crippen LogP contribution in [-0.2, 0) is 23.7 Å². The summed E-state index contributed by atoms with van der Waals surface area (Å²) in [5, 5.41) is 2.33. The molecule has 0 bridgehead atoms. The van der Waals surface area contributed by atoms with Crippen molar-refractivity contribution in [2.45, 2.75) is 51.4 Å². The topological polar surface area (TPSA) is 51.6 Å². The van der Waals surface area contributed by atoms with Gasteiger partial charge in [0.1, 0.15) is 12.7 Å². The lowest BCUT2D eigenvalue weighted by Crippen LogP contribution is -2.14. The monoisotopic (exact) mass is 1540 g/mol. The van der Waals surface area contributed by atoms with Crippen molar-refractivity contribution in [3.63, 3.8) is 0 Å². The van der Waals surface area contributed by atoms with E-state index in [1.54, 1.807) is 35.3 Å². The number of fused-ring (bicyclic) bond motifs is 18. The molecule has 0 aliphatic heterocycles. The van der Waals surface area contributed by atoms with Crippen LogP contribution in [0.25, 0.3) is 197 Å². The predicted molar refractivity (Wildman–Crippen MR) is 496 cm³/mol. The lowest BCUT2D eigenvalue weighted by molar-refractivity contribution is 0.660. The van der Waals surface area contributed by atoms with Gasteiger partial charge in [-0.15, -0.1) is 22.7 Å². The molecule has 0 unspecified atom stereocenters. The van der Waals surface area contributed by atoms with E-state index in [1.165, 1.54) is 187 Å². The summed E-state index contributed by atoms with van der Waals surface area (Å²) in [7, 11) is 0. The van der Waals surface area contributed by atoms with Crippen molar-refractivity contribution in [1.29, 1.82) is 0 Å². The van der Waals surface area contributed by atoms with E-state index in [0.717, 1.165) is 66.6 Å². The van der Waals surface area contributed by atoms with Crippen LogP contribution < -0.4 is 0 Å². The summed E-state index contributed by atoms with van der Waals surface area (Å²) in [6.45, 7) is 9.38. The smallest absolute Gasteiger partial charge is 0.116 e. The molecule has 118 heavy (non-hydrogen) atoms. The number of nitrogens with zero attached hydrogens (tertiary/aromatic N) is 4. The molecule has 6 heteroatoms. The largest absolute Gasteiger partial charge is 0.235 e. The van der Waals surface area contributed by atoms with Gasteiger partial charge in [0.05, 0.1) is 31.8 Å². The highest BCUT2D eigenvalue weighted by Crippen LogP contribution is 2.53. The van der Waals surface area contributed by atoms with E-state index in [4.69, 9.17) is 19.9 Å². The van der Waals surface area contributed by atoms with E-state index >= 15 is 0 Å². The van der Waals surface area contributed by atoms with Gasteiger partial charge in [-0.05, 0) is 264 Å². The maximum absolute atomic E-state index is 4.91. The number of benzene rings is 16.